The van der Waals surface area contributed by atoms with Gasteiger partial charge in [0.15, 0.2) is 12.4 Å². The molecule has 0 N–H and O–H groups in total. The van der Waals surface area contributed by atoms with E-state index < -0.39 is 12.6 Å². The molecule has 0 aliphatic heterocycles. The molecule has 2 rings (SSSR count). The smallest absolute Gasteiger partial charge is 0.338 e. The molecule has 24 heavy (non-hydrogen) atoms. The fourth-order valence-electron chi connectivity index (χ4n) is 2.04. The third-order valence-electron chi connectivity index (χ3n) is 3.18. The highest BCUT2D eigenvalue weighted by Crippen LogP contribution is 2.34. The second-order valence-corrected chi connectivity index (χ2v) is 5.49. The van der Waals surface area contributed by atoms with Crippen LogP contribution in [-0.2, 0) is 4.74 Å². The van der Waals surface area contributed by atoms with Gasteiger partial charge in [0.1, 0.15) is 5.75 Å². The predicted molar refractivity (Wildman–Crippen MR) is 90.6 cm³/mol. The lowest BCUT2D eigenvalue weighted by Gasteiger charge is -2.10. The fraction of sp³-hybridized carbons (Fsp3) is 0.176. The van der Waals surface area contributed by atoms with E-state index in [4.69, 9.17) is 37.4 Å². The molecular weight excluding hydrogens is 355 g/mol. The maximum atomic E-state index is 12.2. The minimum Gasteiger partial charge on any atom is -0.496 e. The summed E-state index contributed by atoms with van der Waals surface area (Å²) in [4.78, 5) is 24.2. The van der Waals surface area contributed by atoms with Gasteiger partial charge in [0, 0.05) is 0 Å². The second-order valence-electron chi connectivity index (χ2n) is 4.67. The Morgan fingerprint density at radius 2 is 1.62 bits per heavy atom. The van der Waals surface area contributed by atoms with Crippen molar-refractivity contribution in [3.63, 3.8) is 0 Å². The Bertz CT molecular complexity index is 750. The maximum Gasteiger partial charge on any atom is 0.338 e. The monoisotopic (exact) mass is 368 g/mol. The van der Waals surface area contributed by atoms with Gasteiger partial charge in [-0.3, -0.25) is 4.79 Å². The van der Waals surface area contributed by atoms with Crippen molar-refractivity contribution in [3.05, 3.63) is 57.6 Å². The normalized spacial score (nSPS) is 10.2. The molecule has 0 saturated carbocycles. The molecule has 0 bridgehead atoms. The topological polar surface area (TPSA) is 61.8 Å². The van der Waals surface area contributed by atoms with Crippen molar-refractivity contribution in [2.75, 3.05) is 20.8 Å². The summed E-state index contributed by atoms with van der Waals surface area (Å²) in [5, 5.41) is 0.348. The minimum atomic E-state index is -0.718. The number of para-hydroxylation sites is 1. The third-order valence-corrected chi connectivity index (χ3v) is 3.74. The van der Waals surface area contributed by atoms with Gasteiger partial charge in [0.2, 0.25) is 5.78 Å². The van der Waals surface area contributed by atoms with Crippen molar-refractivity contribution in [1.82, 2.24) is 0 Å². The summed E-state index contributed by atoms with van der Waals surface area (Å²) >= 11 is 12.0. The molecule has 126 valence electrons. The van der Waals surface area contributed by atoms with Gasteiger partial charge >= 0.3 is 5.97 Å². The van der Waals surface area contributed by atoms with Crippen LogP contribution in [0.1, 0.15) is 20.7 Å². The average molecular weight is 369 g/mol. The van der Waals surface area contributed by atoms with E-state index in [9.17, 15) is 9.59 Å². The SMILES string of the molecule is COc1ccccc1C(=O)COC(=O)c1cc(Cl)c(OC)c(Cl)c1. The molecule has 0 aromatic heterocycles. The van der Waals surface area contributed by atoms with E-state index in [2.05, 4.69) is 0 Å². The van der Waals surface area contributed by atoms with Crippen LogP contribution >= 0.6 is 23.2 Å². The molecule has 0 amide bonds. The van der Waals surface area contributed by atoms with Crippen molar-refractivity contribution >= 4 is 35.0 Å². The largest absolute Gasteiger partial charge is 0.496 e. The number of esters is 1. The number of halogens is 2. The summed E-state index contributed by atoms with van der Waals surface area (Å²) in [5.74, 6) is -0.426. The number of Topliss-reactive ketones (excluding diaryl/α,β-unsaturated/α-hetero) is 1. The molecule has 0 aliphatic carbocycles. The van der Waals surface area contributed by atoms with E-state index >= 15 is 0 Å². The Morgan fingerprint density at radius 3 is 2.21 bits per heavy atom. The van der Waals surface area contributed by atoms with Gasteiger partial charge in [-0.05, 0) is 24.3 Å². The number of hydrogen-bond acceptors (Lipinski definition) is 5. The summed E-state index contributed by atoms with van der Waals surface area (Å²) in [6, 6.07) is 9.40. The van der Waals surface area contributed by atoms with Gasteiger partial charge in [0.05, 0.1) is 35.4 Å². The summed E-state index contributed by atoms with van der Waals surface area (Å²) in [6.07, 6.45) is 0. The van der Waals surface area contributed by atoms with Gasteiger partial charge < -0.3 is 14.2 Å². The van der Waals surface area contributed by atoms with Crippen LogP contribution in [0.25, 0.3) is 0 Å². The van der Waals surface area contributed by atoms with Crippen LogP contribution < -0.4 is 9.47 Å². The average Bonchev–Trinajstić information content (AvgIpc) is 2.58. The van der Waals surface area contributed by atoms with Crippen LogP contribution in [0.4, 0.5) is 0 Å². The van der Waals surface area contributed by atoms with Crippen LogP contribution in [0.5, 0.6) is 11.5 Å². The van der Waals surface area contributed by atoms with Gasteiger partial charge in [-0.2, -0.15) is 0 Å². The standard InChI is InChI=1S/C17H14Cl2O5/c1-22-15-6-4-3-5-11(15)14(20)9-24-17(21)10-7-12(18)16(23-2)13(19)8-10/h3-8H,9H2,1-2H3. The highest BCUT2D eigenvalue weighted by atomic mass is 35.5. The third kappa shape index (κ3) is 3.99. The van der Waals surface area contributed by atoms with Crippen molar-refractivity contribution < 1.29 is 23.8 Å². The van der Waals surface area contributed by atoms with Gasteiger partial charge in [0.25, 0.3) is 0 Å². The maximum absolute atomic E-state index is 12.2. The van der Waals surface area contributed by atoms with E-state index in [1.807, 2.05) is 0 Å². The summed E-state index contributed by atoms with van der Waals surface area (Å²) in [6.45, 7) is -0.430. The van der Waals surface area contributed by atoms with Crippen molar-refractivity contribution in [2.45, 2.75) is 0 Å². The summed E-state index contributed by atoms with van der Waals surface area (Å²) < 4.78 is 15.1. The van der Waals surface area contributed by atoms with E-state index in [-0.39, 0.29) is 27.1 Å². The number of ether oxygens (including phenoxy) is 3. The molecule has 0 aliphatic rings. The first-order valence-electron chi connectivity index (χ1n) is 6.84. The Balaban J connectivity index is 2.09. The van der Waals surface area contributed by atoms with Crippen molar-refractivity contribution in [1.29, 1.82) is 0 Å². The van der Waals surface area contributed by atoms with E-state index in [1.54, 1.807) is 24.3 Å². The predicted octanol–water partition coefficient (Wildman–Crippen LogP) is 4.05. The van der Waals surface area contributed by atoms with Crippen molar-refractivity contribution in [3.8, 4) is 11.5 Å². The lowest BCUT2D eigenvalue weighted by atomic mass is 10.1. The highest BCUT2D eigenvalue weighted by molar-refractivity contribution is 6.37. The first-order valence-corrected chi connectivity index (χ1v) is 7.60. The molecule has 0 saturated heterocycles. The molecule has 5 nitrogen and oxygen atoms in total. The van der Waals surface area contributed by atoms with Crippen LogP contribution in [0, 0.1) is 0 Å². The quantitative estimate of drug-likeness (QED) is 0.568. The van der Waals surface area contributed by atoms with Crippen LogP contribution in [0.15, 0.2) is 36.4 Å². The number of carbonyl (C=O) groups excluding carboxylic acids is 2. The summed E-state index contributed by atoms with van der Waals surface area (Å²) in [5.41, 5.74) is 0.456. The minimum absolute atomic E-state index is 0.124. The number of ketones is 1. The zero-order valence-corrected chi connectivity index (χ0v) is 14.5. The Labute approximate surface area is 149 Å². The Morgan fingerprint density at radius 1 is 1.00 bits per heavy atom. The molecule has 2 aromatic carbocycles. The van der Waals surface area contributed by atoms with Gasteiger partial charge in [-0.15, -0.1) is 0 Å². The Hall–Kier alpha value is -2.24. The van der Waals surface area contributed by atoms with Gasteiger partial charge in [-0.1, -0.05) is 35.3 Å². The second kappa shape index (κ2) is 8.04. The highest BCUT2D eigenvalue weighted by Gasteiger charge is 2.17. The molecule has 0 unspecified atom stereocenters. The molecule has 7 heteroatoms. The van der Waals surface area contributed by atoms with E-state index in [0.29, 0.717) is 11.3 Å². The Kier molecular flexibility index (Phi) is 6.06. The number of benzene rings is 2. The van der Waals surface area contributed by atoms with E-state index in [0.717, 1.165) is 0 Å². The molecular formula is C17H14Cl2O5. The van der Waals surface area contributed by atoms with Crippen LogP contribution in [0.3, 0.4) is 0 Å². The molecule has 0 fully saturated rings. The fourth-order valence-corrected chi connectivity index (χ4v) is 2.68. The van der Waals surface area contributed by atoms with Crippen molar-refractivity contribution in [2.24, 2.45) is 0 Å². The zero-order chi connectivity index (χ0) is 17.7. The molecule has 0 atom stereocenters. The lowest BCUT2D eigenvalue weighted by Crippen LogP contribution is -2.15. The molecule has 0 spiro atoms. The van der Waals surface area contributed by atoms with E-state index in [1.165, 1.54) is 26.4 Å². The molecule has 0 heterocycles. The van der Waals surface area contributed by atoms with Gasteiger partial charge in [-0.25, -0.2) is 4.79 Å². The number of hydrogen-bond donors (Lipinski definition) is 0. The van der Waals surface area contributed by atoms with Crippen LogP contribution in [0.2, 0.25) is 10.0 Å². The first-order chi connectivity index (χ1) is 11.5. The first kappa shape index (κ1) is 18.1. The van der Waals surface area contributed by atoms with Crippen LogP contribution in [-0.4, -0.2) is 32.6 Å². The number of methoxy groups -OCH3 is 2. The zero-order valence-electron chi connectivity index (χ0n) is 13.0. The number of rotatable bonds is 6. The molecule has 2 aromatic rings. The number of carbonyl (C=O) groups is 2. The molecule has 0 radical (unpaired) electrons. The summed E-state index contributed by atoms with van der Waals surface area (Å²) in [7, 11) is 2.87. The lowest BCUT2D eigenvalue weighted by molar-refractivity contribution is 0.0474.